The second kappa shape index (κ2) is 7.30. The van der Waals surface area contributed by atoms with Crippen molar-refractivity contribution in [3.8, 4) is 17.0 Å². The lowest BCUT2D eigenvalue weighted by atomic mass is 10.2. The summed E-state index contributed by atoms with van der Waals surface area (Å²) in [6.07, 6.45) is 3.15. The molecule has 3 rings (SSSR count). The maximum atomic E-state index is 12.6. The van der Waals surface area contributed by atoms with Crippen LogP contribution in [0.3, 0.4) is 0 Å². The molecule has 6 nitrogen and oxygen atoms in total. The van der Waals surface area contributed by atoms with E-state index in [9.17, 15) is 8.42 Å². The third-order valence-electron chi connectivity index (χ3n) is 3.67. The molecule has 0 radical (unpaired) electrons. The molecule has 2 aromatic heterocycles. The van der Waals surface area contributed by atoms with Gasteiger partial charge in [-0.2, -0.15) is 11.3 Å². The molecule has 1 N–H and O–H groups in total. The Morgan fingerprint density at radius 3 is 2.68 bits per heavy atom. The smallest absolute Gasteiger partial charge is 0.240 e. The van der Waals surface area contributed by atoms with Crippen LogP contribution in [0.2, 0.25) is 0 Å². The SMILES string of the molecule is COc1ccc(S(=O)(=O)NCc2nccnc2-c2ccsc2)cc1C. The van der Waals surface area contributed by atoms with Gasteiger partial charge in [-0.1, -0.05) is 0 Å². The Balaban J connectivity index is 1.83. The zero-order chi connectivity index (χ0) is 17.9. The number of nitrogens with one attached hydrogen (secondary N) is 1. The summed E-state index contributed by atoms with van der Waals surface area (Å²) in [4.78, 5) is 8.78. The van der Waals surface area contributed by atoms with E-state index in [0.717, 1.165) is 11.1 Å². The van der Waals surface area contributed by atoms with Crippen LogP contribution < -0.4 is 9.46 Å². The third-order valence-corrected chi connectivity index (χ3v) is 5.76. The molecule has 0 aliphatic heterocycles. The number of ether oxygens (including phenoxy) is 1. The number of benzene rings is 1. The van der Waals surface area contributed by atoms with Gasteiger partial charge in [-0.05, 0) is 42.1 Å². The van der Waals surface area contributed by atoms with Gasteiger partial charge < -0.3 is 4.74 Å². The number of nitrogens with zero attached hydrogens (tertiary/aromatic N) is 2. The van der Waals surface area contributed by atoms with Crippen LogP contribution in [0.15, 0.2) is 52.3 Å². The van der Waals surface area contributed by atoms with Gasteiger partial charge in [0.15, 0.2) is 0 Å². The second-order valence-electron chi connectivity index (χ2n) is 5.32. The molecule has 0 aliphatic carbocycles. The summed E-state index contributed by atoms with van der Waals surface area (Å²) in [6, 6.07) is 6.67. The van der Waals surface area contributed by atoms with E-state index in [2.05, 4.69) is 14.7 Å². The maximum absolute atomic E-state index is 12.6. The van der Waals surface area contributed by atoms with Crippen molar-refractivity contribution in [3.05, 3.63) is 58.7 Å². The summed E-state index contributed by atoms with van der Waals surface area (Å²) < 4.78 is 32.9. The molecule has 25 heavy (non-hydrogen) atoms. The van der Waals surface area contributed by atoms with Gasteiger partial charge in [0, 0.05) is 23.3 Å². The molecule has 2 heterocycles. The standard InChI is InChI=1S/C17H17N3O3S2/c1-12-9-14(3-4-16(12)23-2)25(21,22)20-10-15-17(19-7-6-18-15)13-5-8-24-11-13/h3-9,11,20H,10H2,1-2H3. The minimum atomic E-state index is -3.66. The largest absolute Gasteiger partial charge is 0.496 e. The lowest BCUT2D eigenvalue weighted by Gasteiger charge is -2.11. The van der Waals surface area contributed by atoms with E-state index in [0.29, 0.717) is 17.1 Å². The van der Waals surface area contributed by atoms with Crippen LogP contribution in [0, 0.1) is 6.92 Å². The van der Waals surface area contributed by atoms with Gasteiger partial charge in [-0.3, -0.25) is 9.97 Å². The number of hydrogen-bond acceptors (Lipinski definition) is 6. The number of sulfonamides is 1. The van der Waals surface area contributed by atoms with E-state index >= 15 is 0 Å². The van der Waals surface area contributed by atoms with Crippen molar-refractivity contribution >= 4 is 21.4 Å². The van der Waals surface area contributed by atoms with E-state index in [4.69, 9.17) is 4.74 Å². The van der Waals surface area contributed by atoms with Gasteiger partial charge >= 0.3 is 0 Å². The Bertz CT molecular complexity index is 971. The summed E-state index contributed by atoms with van der Waals surface area (Å²) in [5.41, 5.74) is 2.93. The summed E-state index contributed by atoms with van der Waals surface area (Å²) in [6.45, 7) is 1.86. The highest BCUT2D eigenvalue weighted by atomic mass is 32.2. The fourth-order valence-electron chi connectivity index (χ4n) is 2.40. The number of hydrogen-bond donors (Lipinski definition) is 1. The van der Waals surface area contributed by atoms with Crippen molar-refractivity contribution in [3.63, 3.8) is 0 Å². The Labute approximate surface area is 150 Å². The molecule has 0 saturated carbocycles. The van der Waals surface area contributed by atoms with E-state index < -0.39 is 10.0 Å². The van der Waals surface area contributed by atoms with E-state index in [1.165, 1.54) is 6.07 Å². The van der Waals surface area contributed by atoms with Crippen LogP contribution in [0.4, 0.5) is 0 Å². The van der Waals surface area contributed by atoms with E-state index in [-0.39, 0.29) is 11.4 Å². The van der Waals surface area contributed by atoms with Crippen molar-refractivity contribution in [1.82, 2.24) is 14.7 Å². The first-order valence-corrected chi connectivity index (χ1v) is 9.90. The quantitative estimate of drug-likeness (QED) is 0.716. The Morgan fingerprint density at radius 2 is 2.00 bits per heavy atom. The number of aryl methyl sites for hydroxylation is 1. The van der Waals surface area contributed by atoms with Crippen LogP contribution in [-0.4, -0.2) is 25.5 Å². The Kier molecular flexibility index (Phi) is 5.12. The summed E-state index contributed by atoms with van der Waals surface area (Å²) in [5, 5.41) is 3.90. The maximum Gasteiger partial charge on any atom is 0.240 e. The minimum absolute atomic E-state index is 0.0619. The molecule has 0 saturated heterocycles. The van der Waals surface area contributed by atoms with Gasteiger partial charge in [0.1, 0.15) is 5.75 Å². The highest BCUT2D eigenvalue weighted by Crippen LogP contribution is 2.24. The Hall–Kier alpha value is -2.29. The molecule has 0 bridgehead atoms. The van der Waals surface area contributed by atoms with E-state index in [1.807, 2.05) is 16.8 Å². The van der Waals surface area contributed by atoms with Gasteiger partial charge in [0.25, 0.3) is 0 Å². The molecule has 0 unspecified atom stereocenters. The normalized spacial score (nSPS) is 11.4. The van der Waals surface area contributed by atoms with Crippen LogP contribution in [-0.2, 0) is 16.6 Å². The molecule has 0 spiro atoms. The molecule has 0 amide bonds. The summed E-state index contributed by atoms with van der Waals surface area (Å²) in [7, 11) is -2.11. The zero-order valence-electron chi connectivity index (χ0n) is 13.8. The highest BCUT2D eigenvalue weighted by molar-refractivity contribution is 7.89. The van der Waals surface area contributed by atoms with Crippen molar-refractivity contribution in [1.29, 1.82) is 0 Å². The average Bonchev–Trinajstić information content (AvgIpc) is 3.14. The second-order valence-corrected chi connectivity index (χ2v) is 7.87. The lowest BCUT2D eigenvalue weighted by molar-refractivity contribution is 0.411. The summed E-state index contributed by atoms with van der Waals surface area (Å²) in [5.74, 6) is 0.646. The lowest BCUT2D eigenvalue weighted by Crippen LogP contribution is -2.24. The minimum Gasteiger partial charge on any atom is -0.496 e. The molecule has 0 atom stereocenters. The fourth-order valence-corrected chi connectivity index (χ4v) is 4.11. The van der Waals surface area contributed by atoms with Crippen molar-refractivity contribution in [2.24, 2.45) is 0 Å². The van der Waals surface area contributed by atoms with Gasteiger partial charge in [-0.25, -0.2) is 13.1 Å². The average molecular weight is 375 g/mol. The van der Waals surface area contributed by atoms with Crippen LogP contribution in [0.1, 0.15) is 11.3 Å². The summed E-state index contributed by atoms with van der Waals surface area (Å²) >= 11 is 1.55. The predicted octanol–water partition coefficient (Wildman–Crippen LogP) is 3.00. The predicted molar refractivity (Wildman–Crippen MR) is 97.1 cm³/mol. The topological polar surface area (TPSA) is 81.2 Å². The first kappa shape index (κ1) is 17.5. The fraction of sp³-hybridized carbons (Fsp3) is 0.176. The molecular formula is C17H17N3O3S2. The number of methoxy groups -OCH3 is 1. The van der Waals surface area contributed by atoms with Gasteiger partial charge in [0.2, 0.25) is 10.0 Å². The van der Waals surface area contributed by atoms with Crippen molar-refractivity contribution < 1.29 is 13.2 Å². The molecule has 8 heteroatoms. The van der Waals surface area contributed by atoms with Gasteiger partial charge in [0.05, 0.1) is 29.9 Å². The van der Waals surface area contributed by atoms with Crippen molar-refractivity contribution in [2.75, 3.05) is 7.11 Å². The Morgan fingerprint density at radius 1 is 1.20 bits per heavy atom. The highest BCUT2D eigenvalue weighted by Gasteiger charge is 2.17. The zero-order valence-corrected chi connectivity index (χ0v) is 15.4. The molecule has 3 aromatic rings. The van der Waals surface area contributed by atoms with Crippen LogP contribution >= 0.6 is 11.3 Å². The third kappa shape index (κ3) is 3.87. The monoisotopic (exact) mass is 375 g/mol. The first-order chi connectivity index (χ1) is 12.0. The van der Waals surface area contributed by atoms with Crippen molar-refractivity contribution in [2.45, 2.75) is 18.4 Å². The molecule has 1 aromatic carbocycles. The molecule has 130 valence electrons. The van der Waals surface area contributed by atoms with Crippen LogP contribution in [0.5, 0.6) is 5.75 Å². The number of rotatable bonds is 6. The van der Waals surface area contributed by atoms with E-state index in [1.54, 1.807) is 49.9 Å². The molecular weight excluding hydrogens is 358 g/mol. The first-order valence-electron chi connectivity index (χ1n) is 7.48. The molecule has 0 fully saturated rings. The molecule has 0 aliphatic rings. The number of thiophene rings is 1. The van der Waals surface area contributed by atoms with Gasteiger partial charge in [-0.15, -0.1) is 0 Å². The number of aromatic nitrogens is 2. The van der Waals surface area contributed by atoms with Crippen LogP contribution in [0.25, 0.3) is 11.3 Å².